The van der Waals surface area contributed by atoms with E-state index in [-0.39, 0.29) is 5.91 Å². The molecule has 0 saturated carbocycles. The van der Waals surface area contributed by atoms with E-state index < -0.39 is 0 Å². The quantitative estimate of drug-likeness (QED) is 0.834. The molecule has 6 heteroatoms. The SMILES string of the molecule is CCCNc1ccc(C(=O)NCc2ccncc2)nn1. The Kier molecular flexibility index (Phi) is 5.00. The zero-order valence-corrected chi connectivity index (χ0v) is 11.3. The molecule has 6 nitrogen and oxygen atoms in total. The van der Waals surface area contributed by atoms with Crippen molar-refractivity contribution in [2.45, 2.75) is 19.9 Å². The van der Waals surface area contributed by atoms with Gasteiger partial charge in [0.15, 0.2) is 5.69 Å². The van der Waals surface area contributed by atoms with Gasteiger partial charge in [0.25, 0.3) is 5.91 Å². The lowest BCUT2D eigenvalue weighted by atomic mass is 10.2. The fraction of sp³-hybridized carbons (Fsp3) is 0.286. The normalized spacial score (nSPS) is 10.1. The molecule has 0 spiro atoms. The summed E-state index contributed by atoms with van der Waals surface area (Å²) in [5.74, 6) is 0.439. The highest BCUT2D eigenvalue weighted by Crippen LogP contribution is 2.02. The fourth-order valence-electron chi connectivity index (χ4n) is 1.57. The number of anilines is 1. The summed E-state index contributed by atoms with van der Waals surface area (Å²) in [6.45, 7) is 3.35. The topological polar surface area (TPSA) is 79.8 Å². The Bertz CT molecular complexity index is 541. The summed E-state index contributed by atoms with van der Waals surface area (Å²) in [4.78, 5) is 15.8. The maximum atomic E-state index is 11.9. The minimum Gasteiger partial charge on any atom is -0.369 e. The van der Waals surface area contributed by atoms with E-state index in [4.69, 9.17) is 0 Å². The molecule has 0 unspecified atom stereocenters. The van der Waals surface area contributed by atoms with E-state index in [9.17, 15) is 4.79 Å². The molecule has 1 amide bonds. The number of nitrogens with zero attached hydrogens (tertiary/aromatic N) is 3. The number of pyridine rings is 1. The first-order valence-corrected chi connectivity index (χ1v) is 6.54. The minimum absolute atomic E-state index is 0.239. The largest absolute Gasteiger partial charge is 0.369 e. The second kappa shape index (κ2) is 7.18. The molecule has 0 aromatic carbocycles. The third-order valence-corrected chi connectivity index (χ3v) is 2.66. The van der Waals surface area contributed by atoms with Crippen molar-refractivity contribution in [2.24, 2.45) is 0 Å². The zero-order chi connectivity index (χ0) is 14.2. The molecule has 20 heavy (non-hydrogen) atoms. The molecule has 0 atom stereocenters. The molecule has 0 radical (unpaired) electrons. The van der Waals surface area contributed by atoms with Crippen LogP contribution in [0.1, 0.15) is 29.4 Å². The van der Waals surface area contributed by atoms with Gasteiger partial charge in [-0.3, -0.25) is 9.78 Å². The molecular weight excluding hydrogens is 254 g/mol. The molecule has 2 aromatic rings. The summed E-state index contributed by atoms with van der Waals surface area (Å²) < 4.78 is 0. The van der Waals surface area contributed by atoms with Crippen LogP contribution in [0.5, 0.6) is 0 Å². The van der Waals surface area contributed by atoms with Crippen molar-refractivity contribution in [3.63, 3.8) is 0 Å². The van der Waals surface area contributed by atoms with Crippen molar-refractivity contribution in [1.82, 2.24) is 20.5 Å². The summed E-state index contributed by atoms with van der Waals surface area (Å²) in [5, 5.41) is 13.8. The molecule has 0 saturated heterocycles. The molecular formula is C14H17N5O. The van der Waals surface area contributed by atoms with Crippen molar-refractivity contribution in [1.29, 1.82) is 0 Å². The van der Waals surface area contributed by atoms with Gasteiger partial charge >= 0.3 is 0 Å². The number of rotatable bonds is 6. The summed E-state index contributed by atoms with van der Waals surface area (Å²) in [6, 6.07) is 7.12. The zero-order valence-electron chi connectivity index (χ0n) is 11.3. The maximum Gasteiger partial charge on any atom is 0.272 e. The van der Waals surface area contributed by atoms with Gasteiger partial charge in [0.05, 0.1) is 0 Å². The van der Waals surface area contributed by atoms with E-state index in [0.717, 1.165) is 18.5 Å². The summed E-state index contributed by atoms with van der Waals surface area (Å²) in [6.07, 6.45) is 4.39. The van der Waals surface area contributed by atoms with E-state index in [0.29, 0.717) is 18.1 Å². The van der Waals surface area contributed by atoms with Crippen LogP contribution in [0.15, 0.2) is 36.7 Å². The Morgan fingerprint density at radius 1 is 1.15 bits per heavy atom. The van der Waals surface area contributed by atoms with Gasteiger partial charge in [-0.2, -0.15) is 0 Å². The smallest absolute Gasteiger partial charge is 0.272 e. The average molecular weight is 271 g/mol. The summed E-state index contributed by atoms with van der Waals surface area (Å²) in [7, 11) is 0. The highest BCUT2D eigenvalue weighted by Gasteiger charge is 2.07. The first-order chi connectivity index (χ1) is 9.79. The highest BCUT2D eigenvalue weighted by molar-refractivity contribution is 5.92. The Morgan fingerprint density at radius 3 is 2.60 bits per heavy atom. The summed E-state index contributed by atoms with van der Waals surface area (Å²) in [5.41, 5.74) is 1.30. The minimum atomic E-state index is -0.239. The number of hydrogen-bond donors (Lipinski definition) is 2. The number of amides is 1. The van der Waals surface area contributed by atoms with Crippen molar-refractivity contribution in [3.05, 3.63) is 47.9 Å². The molecule has 0 aliphatic heterocycles. The van der Waals surface area contributed by atoms with E-state index in [1.165, 1.54) is 0 Å². The Balaban J connectivity index is 1.89. The first-order valence-electron chi connectivity index (χ1n) is 6.54. The number of hydrogen-bond acceptors (Lipinski definition) is 5. The first kappa shape index (κ1) is 13.9. The van der Waals surface area contributed by atoms with Crippen molar-refractivity contribution in [2.75, 3.05) is 11.9 Å². The maximum absolute atomic E-state index is 11.9. The van der Waals surface area contributed by atoms with Crippen molar-refractivity contribution >= 4 is 11.7 Å². The average Bonchev–Trinajstić information content (AvgIpc) is 2.52. The molecule has 2 heterocycles. The molecule has 0 aliphatic rings. The second-order valence-electron chi connectivity index (χ2n) is 4.27. The van der Waals surface area contributed by atoms with E-state index in [1.807, 2.05) is 12.1 Å². The van der Waals surface area contributed by atoms with Gasteiger partial charge in [-0.05, 0) is 36.2 Å². The van der Waals surface area contributed by atoms with Gasteiger partial charge in [-0.15, -0.1) is 10.2 Å². The number of carbonyl (C=O) groups is 1. The second-order valence-corrected chi connectivity index (χ2v) is 4.27. The van der Waals surface area contributed by atoms with Crippen LogP contribution in [0.25, 0.3) is 0 Å². The third kappa shape index (κ3) is 4.01. The van der Waals surface area contributed by atoms with Crippen LogP contribution in [0, 0.1) is 0 Å². The molecule has 0 bridgehead atoms. The highest BCUT2D eigenvalue weighted by atomic mass is 16.1. The van der Waals surface area contributed by atoms with Crippen molar-refractivity contribution in [3.8, 4) is 0 Å². The lowest BCUT2D eigenvalue weighted by Crippen LogP contribution is -2.24. The standard InChI is InChI=1S/C14H17N5O/c1-2-7-16-13-4-3-12(18-19-13)14(20)17-10-11-5-8-15-9-6-11/h3-6,8-9H,2,7,10H2,1H3,(H,16,19)(H,17,20). The van der Waals surface area contributed by atoms with Crippen LogP contribution in [0.3, 0.4) is 0 Å². The van der Waals surface area contributed by atoms with Crippen LogP contribution in [-0.4, -0.2) is 27.6 Å². The van der Waals surface area contributed by atoms with Gasteiger partial charge in [-0.25, -0.2) is 0 Å². The van der Waals surface area contributed by atoms with E-state index >= 15 is 0 Å². The molecule has 2 rings (SSSR count). The monoisotopic (exact) mass is 271 g/mol. The van der Waals surface area contributed by atoms with Crippen LogP contribution in [-0.2, 0) is 6.54 Å². The van der Waals surface area contributed by atoms with E-state index in [2.05, 4.69) is 32.7 Å². The van der Waals surface area contributed by atoms with Gasteiger partial charge < -0.3 is 10.6 Å². The predicted molar refractivity (Wildman–Crippen MR) is 76.2 cm³/mol. The van der Waals surface area contributed by atoms with Crippen LogP contribution >= 0.6 is 0 Å². The molecule has 104 valence electrons. The van der Waals surface area contributed by atoms with Crippen LogP contribution < -0.4 is 10.6 Å². The predicted octanol–water partition coefficient (Wildman–Crippen LogP) is 1.62. The third-order valence-electron chi connectivity index (χ3n) is 2.66. The lowest BCUT2D eigenvalue weighted by Gasteiger charge is -2.05. The Hall–Kier alpha value is -2.50. The fourth-order valence-corrected chi connectivity index (χ4v) is 1.57. The molecule has 2 N–H and O–H groups in total. The number of nitrogens with one attached hydrogen (secondary N) is 2. The van der Waals surface area contributed by atoms with Gasteiger partial charge in [0.2, 0.25) is 0 Å². The van der Waals surface area contributed by atoms with Gasteiger partial charge in [0.1, 0.15) is 5.82 Å². The molecule has 2 aromatic heterocycles. The van der Waals surface area contributed by atoms with Crippen LogP contribution in [0.4, 0.5) is 5.82 Å². The Morgan fingerprint density at radius 2 is 1.95 bits per heavy atom. The summed E-state index contributed by atoms with van der Waals surface area (Å²) >= 11 is 0. The Labute approximate surface area is 117 Å². The number of aromatic nitrogens is 3. The van der Waals surface area contributed by atoms with Gasteiger partial charge in [0, 0.05) is 25.5 Å². The molecule has 0 fully saturated rings. The van der Waals surface area contributed by atoms with Gasteiger partial charge in [-0.1, -0.05) is 6.92 Å². The van der Waals surface area contributed by atoms with Crippen LogP contribution in [0.2, 0.25) is 0 Å². The molecule has 0 aliphatic carbocycles. The number of carbonyl (C=O) groups excluding carboxylic acids is 1. The van der Waals surface area contributed by atoms with Crippen molar-refractivity contribution < 1.29 is 4.79 Å². The van der Waals surface area contributed by atoms with E-state index in [1.54, 1.807) is 24.5 Å². The lowest BCUT2D eigenvalue weighted by molar-refractivity contribution is 0.0945.